The molecule has 138 valence electrons. The molecule has 2 heterocycles. The quantitative estimate of drug-likeness (QED) is 0.680. The Balaban J connectivity index is 1.75. The van der Waals surface area contributed by atoms with E-state index in [1.54, 1.807) is 0 Å². The van der Waals surface area contributed by atoms with E-state index in [4.69, 9.17) is 0 Å². The zero-order valence-electron chi connectivity index (χ0n) is 13.5. The molecule has 0 aliphatic rings. The topological polar surface area (TPSA) is 74.8 Å². The molecule has 2 aromatic heterocycles. The predicted octanol–water partition coefficient (Wildman–Crippen LogP) is 3.94. The highest BCUT2D eigenvalue weighted by Crippen LogP contribution is 2.34. The molecule has 0 saturated heterocycles. The summed E-state index contributed by atoms with van der Waals surface area (Å²) in [5.74, 6) is 0. The highest BCUT2D eigenvalue weighted by atomic mass is 32.2. The fourth-order valence-electron chi connectivity index (χ4n) is 2.15. The Morgan fingerprint density at radius 1 is 1.15 bits per heavy atom. The van der Waals surface area contributed by atoms with Crippen molar-refractivity contribution in [1.29, 1.82) is 0 Å². The molecule has 3 aromatic rings. The number of alkyl halides is 3. The smallest absolute Gasteiger partial charge is 0.273 e. The summed E-state index contributed by atoms with van der Waals surface area (Å²) in [4.78, 5) is 0.326. The number of rotatable bonds is 5. The lowest BCUT2D eigenvalue weighted by molar-refractivity contribution is -0.141. The van der Waals surface area contributed by atoms with Crippen LogP contribution in [0.1, 0.15) is 16.8 Å². The number of benzene rings is 1. The first-order valence-electron chi connectivity index (χ1n) is 7.43. The van der Waals surface area contributed by atoms with Crippen molar-refractivity contribution in [1.82, 2.24) is 14.9 Å². The van der Waals surface area contributed by atoms with E-state index in [9.17, 15) is 21.6 Å². The highest BCUT2D eigenvalue weighted by molar-refractivity contribution is 7.91. The van der Waals surface area contributed by atoms with Gasteiger partial charge in [-0.15, -0.1) is 11.3 Å². The molecular formula is C16H14F3N3O2S2. The minimum absolute atomic E-state index is 0.0103. The van der Waals surface area contributed by atoms with Crippen molar-refractivity contribution >= 4 is 21.4 Å². The zero-order chi connectivity index (χ0) is 18.9. The fourth-order valence-corrected chi connectivity index (χ4v) is 4.48. The molecule has 26 heavy (non-hydrogen) atoms. The maximum atomic E-state index is 12.6. The molecule has 10 heteroatoms. The summed E-state index contributed by atoms with van der Waals surface area (Å²) in [6.07, 6.45) is -4.53. The summed E-state index contributed by atoms with van der Waals surface area (Å²) in [6, 6.07) is 11.0. The van der Waals surface area contributed by atoms with E-state index in [1.165, 1.54) is 12.1 Å². The Labute approximate surface area is 151 Å². The lowest BCUT2D eigenvalue weighted by Gasteiger charge is -2.05. The van der Waals surface area contributed by atoms with Crippen molar-refractivity contribution < 1.29 is 21.6 Å². The molecule has 0 bridgehead atoms. The van der Waals surface area contributed by atoms with Crippen LogP contribution in [0.15, 0.2) is 46.7 Å². The number of nitrogens with zero attached hydrogens (tertiary/aromatic N) is 1. The van der Waals surface area contributed by atoms with Crippen LogP contribution in [0.3, 0.4) is 0 Å². The minimum atomic E-state index is -4.53. The van der Waals surface area contributed by atoms with Crippen LogP contribution in [-0.2, 0) is 22.7 Å². The first kappa shape index (κ1) is 18.6. The van der Waals surface area contributed by atoms with Gasteiger partial charge in [-0.3, -0.25) is 5.10 Å². The Morgan fingerprint density at radius 3 is 2.46 bits per heavy atom. The number of hydrogen-bond acceptors (Lipinski definition) is 4. The standard InChI is InChI=1S/C16H14F3N3O2S2/c1-10-2-4-11(5-3-10)9-20-26(23,24)15-7-6-13(25-15)12-8-14(22-21-12)16(17,18)19/h2-8,20H,9H2,1H3,(H,21,22). The first-order chi connectivity index (χ1) is 12.1. The zero-order valence-corrected chi connectivity index (χ0v) is 15.1. The molecule has 3 rings (SSSR count). The van der Waals surface area contributed by atoms with Crippen LogP contribution < -0.4 is 4.72 Å². The summed E-state index contributed by atoms with van der Waals surface area (Å²) < 4.78 is 65.1. The van der Waals surface area contributed by atoms with Gasteiger partial charge in [-0.2, -0.15) is 18.3 Å². The number of nitrogens with one attached hydrogen (secondary N) is 2. The van der Waals surface area contributed by atoms with Gasteiger partial charge in [0.2, 0.25) is 10.0 Å². The van der Waals surface area contributed by atoms with Crippen molar-refractivity contribution in [2.75, 3.05) is 0 Å². The van der Waals surface area contributed by atoms with Crippen LogP contribution in [0.25, 0.3) is 10.6 Å². The Bertz CT molecular complexity index is 1010. The number of aromatic nitrogens is 2. The van der Waals surface area contributed by atoms with Gasteiger partial charge in [0.05, 0.1) is 4.88 Å². The molecule has 1 aromatic carbocycles. The average Bonchev–Trinajstić information content (AvgIpc) is 3.23. The van der Waals surface area contributed by atoms with E-state index in [-0.39, 0.29) is 16.4 Å². The van der Waals surface area contributed by atoms with Crippen LogP contribution >= 0.6 is 11.3 Å². The average molecular weight is 401 g/mol. The number of aryl methyl sites for hydroxylation is 1. The van der Waals surface area contributed by atoms with Crippen LogP contribution in [0.2, 0.25) is 0 Å². The van der Waals surface area contributed by atoms with Gasteiger partial charge in [0.15, 0.2) is 0 Å². The fraction of sp³-hybridized carbons (Fsp3) is 0.188. The second-order valence-electron chi connectivity index (χ2n) is 5.59. The molecule has 0 aliphatic heterocycles. The largest absolute Gasteiger partial charge is 0.432 e. The molecule has 0 aliphatic carbocycles. The van der Waals surface area contributed by atoms with Gasteiger partial charge in [-0.25, -0.2) is 13.1 Å². The van der Waals surface area contributed by atoms with Gasteiger partial charge in [0.1, 0.15) is 15.6 Å². The molecule has 5 nitrogen and oxygen atoms in total. The lowest BCUT2D eigenvalue weighted by Crippen LogP contribution is -2.22. The van der Waals surface area contributed by atoms with E-state index in [1.807, 2.05) is 36.3 Å². The van der Waals surface area contributed by atoms with Gasteiger partial charge < -0.3 is 0 Å². The molecule has 0 unspecified atom stereocenters. The van der Waals surface area contributed by atoms with Crippen LogP contribution in [0, 0.1) is 6.92 Å². The van der Waals surface area contributed by atoms with E-state index in [2.05, 4.69) is 9.82 Å². The monoisotopic (exact) mass is 401 g/mol. The van der Waals surface area contributed by atoms with Crippen molar-refractivity contribution in [2.45, 2.75) is 23.9 Å². The second-order valence-corrected chi connectivity index (χ2v) is 8.67. The van der Waals surface area contributed by atoms with Gasteiger partial charge in [-0.1, -0.05) is 29.8 Å². The van der Waals surface area contributed by atoms with Gasteiger partial charge >= 0.3 is 6.18 Å². The van der Waals surface area contributed by atoms with Crippen molar-refractivity contribution in [2.24, 2.45) is 0 Å². The number of halogens is 3. The summed E-state index contributed by atoms with van der Waals surface area (Å²) in [7, 11) is -3.77. The van der Waals surface area contributed by atoms with Crippen LogP contribution in [0.5, 0.6) is 0 Å². The molecule has 0 spiro atoms. The molecule has 2 N–H and O–H groups in total. The molecule has 0 radical (unpaired) electrons. The number of aromatic amines is 1. The molecule has 0 atom stereocenters. The number of hydrogen-bond donors (Lipinski definition) is 2. The van der Waals surface area contributed by atoms with Crippen molar-refractivity contribution in [3.05, 3.63) is 59.3 Å². The lowest BCUT2D eigenvalue weighted by atomic mass is 10.2. The number of thiophene rings is 1. The van der Waals surface area contributed by atoms with E-state index >= 15 is 0 Å². The molecule has 0 fully saturated rings. The Morgan fingerprint density at radius 2 is 1.85 bits per heavy atom. The summed E-state index contributed by atoms with van der Waals surface area (Å²) in [5, 5.41) is 5.51. The maximum absolute atomic E-state index is 12.6. The minimum Gasteiger partial charge on any atom is -0.273 e. The number of H-pyrrole nitrogens is 1. The Kier molecular flexibility index (Phi) is 4.91. The second kappa shape index (κ2) is 6.86. The van der Waals surface area contributed by atoms with Crippen molar-refractivity contribution in [3.63, 3.8) is 0 Å². The molecular weight excluding hydrogens is 387 g/mol. The summed E-state index contributed by atoms with van der Waals surface area (Å²) in [6.45, 7) is 2.05. The summed E-state index contributed by atoms with van der Waals surface area (Å²) in [5.41, 5.74) is 0.930. The maximum Gasteiger partial charge on any atom is 0.432 e. The first-order valence-corrected chi connectivity index (χ1v) is 9.73. The van der Waals surface area contributed by atoms with Gasteiger partial charge in [0, 0.05) is 6.54 Å². The summed E-state index contributed by atoms with van der Waals surface area (Å²) >= 11 is 0.854. The predicted molar refractivity (Wildman–Crippen MR) is 92.1 cm³/mol. The normalized spacial score (nSPS) is 12.5. The number of sulfonamides is 1. The van der Waals surface area contributed by atoms with Crippen LogP contribution in [0.4, 0.5) is 13.2 Å². The van der Waals surface area contributed by atoms with E-state index < -0.39 is 21.9 Å². The molecule has 0 amide bonds. The van der Waals surface area contributed by atoms with Crippen molar-refractivity contribution in [3.8, 4) is 10.6 Å². The third kappa shape index (κ3) is 4.14. The van der Waals surface area contributed by atoms with Crippen LogP contribution in [-0.4, -0.2) is 18.6 Å². The third-order valence-electron chi connectivity index (χ3n) is 3.57. The van der Waals surface area contributed by atoms with Gasteiger partial charge in [-0.05, 0) is 30.7 Å². The van der Waals surface area contributed by atoms with E-state index in [0.29, 0.717) is 4.88 Å². The SMILES string of the molecule is Cc1ccc(CNS(=O)(=O)c2ccc(-c3cc(C(F)(F)F)[nH]n3)s2)cc1. The van der Waals surface area contributed by atoms with Gasteiger partial charge in [0.25, 0.3) is 0 Å². The molecule has 0 saturated carbocycles. The van der Waals surface area contributed by atoms with E-state index in [0.717, 1.165) is 28.5 Å². The highest BCUT2D eigenvalue weighted by Gasteiger charge is 2.33. The Hall–Kier alpha value is -2.17. The third-order valence-corrected chi connectivity index (χ3v) is 6.57.